The Kier molecular flexibility index (Phi) is 5.63. The fourth-order valence-electron chi connectivity index (χ4n) is 1.12. The van der Waals surface area contributed by atoms with E-state index in [9.17, 15) is 4.79 Å². The van der Waals surface area contributed by atoms with Crippen LogP contribution in [0, 0.1) is 0 Å². The summed E-state index contributed by atoms with van der Waals surface area (Å²) in [4.78, 5) is 15.3. The maximum atomic E-state index is 11.4. The third kappa shape index (κ3) is 5.60. The highest BCUT2D eigenvalue weighted by Crippen LogP contribution is 1.97. The van der Waals surface area contributed by atoms with Crippen molar-refractivity contribution >= 4 is 11.9 Å². The summed E-state index contributed by atoms with van der Waals surface area (Å²) in [5, 5.41) is 5.56. The number of rotatable bonds is 6. The number of hydrogen-bond acceptors (Lipinski definition) is 3. The van der Waals surface area contributed by atoms with E-state index in [2.05, 4.69) is 15.6 Å². The Hall–Kier alpha value is -1.98. The molecule has 0 bridgehead atoms. The summed E-state index contributed by atoms with van der Waals surface area (Å²) >= 11 is 0. The topological polar surface area (TPSA) is 92.6 Å². The molecule has 1 heterocycles. The Morgan fingerprint density at radius 3 is 3.00 bits per heavy atom. The number of furan rings is 1. The van der Waals surface area contributed by atoms with E-state index in [4.69, 9.17) is 10.2 Å². The molecule has 6 heteroatoms. The molecule has 0 aliphatic heterocycles. The van der Waals surface area contributed by atoms with E-state index in [0.717, 1.165) is 13.0 Å². The number of aliphatic imine (C=N–C) groups is 1. The molecule has 6 nitrogen and oxygen atoms in total. The van der Waals surface area contributed by atoms with Gasteiger partial charge in [0.25, 0.3) is 0 Å². The second-order valence-corrected chi connectivity index (χ2v) is 3.48. The summed E-state index contributed by atoms with van der Waals surface area (Å²) in [6.45, 7) is 3.16. The number of hydrogen-bond donors (Lipinski definition) is 3. The van der Waals surface area contributed by atoms with Crippen molar-refractivity contribution in [2.75, 3.05) is 13.1 Å². The summed E-state index contributed by atoms with van der Waals surface area (Å²) < 4.78 is 5.08. The Labute approximate surface area is 100 Å². The Morgan fingerprint density at radius 2 is 2.35 bits per heavy atom. The van der Waals surface area contributed by atoms with Gasteiger partial charge in [0.15, 0.2) is 5.96 Å². The minimum absolute atomic E-state index is 0.0171. The lowest BCUT2D eigenvalue weighted by atomic mass is 10.4. The van der Waals surface area contributed by atoms with Gasteiger partial charge in [0.1, 0.15) is 12.3 Å². The average molecular weight is 238 g/mol. The van der Waals surface area contributed by atoms with E-state index in [0.29, 0.717) is 18.3 Å². The van der Waals surface area contributed by atoms with Gasteiger partial charge in [0.05, 0.1) is 12.8 Å². The van der Waals surface area contributed by atoms with Crippen LogP contribution in [0.5, 0.6) is 0 Å². The number of guanidine groups is 1. The van der Waals surface area contributed by atoms with Gasteiger partial charge in [-0.25, -0.2) is 4.99 Å². The largest absolute Gasteiger partial charge is 0.467 e. The molecule has 1 rings (SSSR count). The van der Waals surface area contributed by atoms with Crippen molar-refractivity contribution in [2.24, 2.45) is 10.7 Å². The fourth-order valence-corrected chi connectivity index (χ4v) is 1.12. The number of nitrogens with two attached hydrogens (primary N) is 1. The second kappa shape index (κ2) is 7.32. The monoisotopic (exact) mass is 238 g/mol. The smallest absolute Gasteiger partial charge is 0.242 e. The first kappa shape index (κ1) is 13.1. The molecule has 0 aromatic carbocycles. The van der Waals surface area contributed by atoms with Crippen LogP contribution in [0.15, 0.2) is 27.8 Å². The van der Waals surface area contributed by atoms with Crippen LogP contribution in [0.4, 0.5) is 0 Å². The molecule has 1 aromatic rings. The normalized spacial score (nSPS) is 11.2. The van der Waals surface area contributed by atoms with Crippen molar-refractivity contribution in [3.8, 4) is 0 Å². The van der Waals surface area contributed by atoms with Crippen LogP contribution in [0.25, 0.3) is 0 Å². The van der Waals surface area contributed by atoms with Crippen LogP contribution in [-0.2, 0) is 11.3 Å². The van der Waals surface area contributed by atoms with Gasteiger partial charge >= 0.3 is 0 Å². The molecule has 4 N–H and O–H groups in total. The predicted molar refractivity (Wildman–Crippen MR) is 65.3 cm³/mol. The van der Waals surface area contributed by atoms with Crippen LogP contribution in [-0.4, -0.2) is 25.0 Å². The van der Waals surface area contributed by atoms with Gasteiger partial charge in [-0.3, -0.25) is 4.79 Å². The molecule has 1 aromatic heterocycles. The Bertz CT molecular complexity index is 360. The fraction of sp³-hybridized carbons (Fsp3) is 0.455. The molecule has 0 unspecified atom stereocenters. The van der Waals surface area contributed by atoms with Crippen LogP contribution >= 0.6 is 0 Å². The Balaban J connectivity index is 2.20. The summed E-state index contributed by atoms with van der Waals surface area (Å²) in [5.41, 5.74) is 5.54. The van der Waals surface area contributed by atoms with Gasteiger partial charge in [-0.15, -0.1) is 0 Å². The lowest BCUT2D eigenvalue weighted by molar-refractivity contribution is -0.119. The van der Waals surface area contributed by atoms with E-state index in [-0.39, 0.29) is 12.5 Å². The maximum Gasteiger partial charge on any atom is 0.242 e. The minimum Gasteiger partial charge on any atom is -0.467 e. The first-order chi connectivity index (χ1) is 8.22. The minimum atomic E-state index is -0.192. The first-order valence-corrected chi connectivity index (χ1v) is 5.55. The zero-order valence-corrected chi connectivity index (χ0v) is 9.90. The standard InChI is InChI=1S/C11H18N4O2/c1-2-5-13-11(12)15-8-10(16)14-7-9-4-3-6-17-9/h3-4,6H,2,5,7-8H2,1H3,(H,14,16)(H3,12,13,15). The van der Waals surface area contributed by atoms with Gasteiger partial charge < -0.3 is 20.8 Å². The van der Waals surface area contributed by atoms with Gasteiger partial charge in [0.2, 0.25) is 5.91 Å². The number of nitrogens with zero attached hydrogens (tertiary/aromatic N) is 1. The summed E-state index contributed by atoms with van der Waals surface area (Å²) in [5.74, 6) is 0.807. The first-order valence-electron chi connectivity index (χ1n) is 5.55. The number of carbonyl (C=O) groups is 1. The molecule has 0 fully saturated rings. The molecule has 0 spiro atoms. The molecule has 0 atom stereocenters. The van der Waals surface area contributed by atoms with E-state index >= 15 is 0 Å². The summed E-state index contributed by atoms with van der Waals surface area (Å²) in [7, 11) is 0. The SMILES string of the molecule is CCCNC(N)=NCC(=O)NCc1ccco1. The third-order valence-corrected chi connectivity index (χ3v) is 1.99. The molecule has 0 aliphatic carbocycles. The molecular formula is C11H18N4O2. The molecule has 94 valence electrons. The quantitative estimate of drug-likeness (QED) is 0.488. The van der Waals surface area contributed by atoms with Crippen LogP contribution in [0.1, 0.15) is 19.1 Å². The van der Waals surface area contributed by atoms with Gasteiger partial charge in [-0.1, -0.05) is 6.92 Å². The predicted octanol–water partition coefficient (Wildman–Crippen LogP) is 0.210. The van der Waals surface area contributed by atoms with Crippen molar-refractivity contribution < 1.29 is 9.21 Å². The molecule has 0 aliphatic rings. The lowest BCUT2D eigenvalue weighted by Crippen LogP contribution is -2.34. The van der Waals surface area contributed by atoms with Crippen molar-refractivity contribution in [3.05, 3.63) is 24.2 Å². The van der Waals surface area contributed by atoms with E-state index in [1.807, 2.05) is 6.92 Å². The second-order valence-electron chi connectivity index (χ2n) is 3.48. The molecule has 0 saturated heterocycles. The van der Waals surface area contributed by atoms with Crippen molar-refractivity contribution in [1.82, 2.24) is 10.6 Å². The molecule has 0 saturated carbocycles. The molecule has 0 radical (unpaired) electrons. The number of amides is 1. The third-order valence-electron chi connectivity index (χ3n) is 1.99. The van der Waals surface area contributed by atoms with Gasteiger partial charge in [-0.05, 0) is 18.6 Å². The Morgan fingerprint density at radius 1 is 1.53 bits per heavy atom. The van der Waals surface area contributed by atoms with Crippen LogP contribution in [0.3, 0.4) is 0 Å². The molecular weight excluding hydrogens is 220 g/mol. The number of carbonyl (C=O) groups excluding carboxylic acids is 1. The van der Waals surface area contributed by atoms with Crippen molar-refractivity contribution in [2.45, 2.75) is 19.9 Å². The van der Waals surface area contributed by atoms with E-state index in [1.165, 1.54) is 0 Å². The maximum absolute atomic E-state index is 11.4. The highest BCUT2D eigenvalue weighted by Gasteiger charge is 2.01. The van der Waals surface area contributed by atoms with Crippen molar-refractivity contribution in [3.63, 3.8) is 0 Å². The van der Waals surface area contributed by atoms with Crippen LogP contribution in [0.2, 0.25) is 0 Å². The highest BCUT2D eigenvalue weighted by atomic mass is 16.3. The highest BCUT2D eigenvalue weighted by molar-refractivity contribution is 5.83. The zero-order valence-electron chi connectivity index (χ0n) is 9.90. The van der Waals surface area contributed by atoms with Gasteiger partial charge in [-0.2, -0.15) is 0 Å². The zero-order chi connectivity index (χ0) is 12.5. The van der Waals surface area contributed by atoms with E-state index < -0.39 is 0 Å². The molecule has 17 heavy (non-hydrogen) atoms. The average Bonchev–Trinajstić information content (AvgIpc) is 2.84. The van der Waals surface area contributed by atoms with Crippen molar-refractivity contribution in [1.29, 1.82) is 0 Å². The summed E-state index contributed by atoms with van der Waals surface area (Å²) in [6, 6.07) is 3.56. The van der Waals surface area contributed by atoms with Gasteiger partial charge in [0, 0.05) is 6.54 Å². The van der Waals surface area contributed by atoms with E-state index in [1.54, 1.807) is 18.4 Å². The van der Waals surface area contributed by atoms with Crippen LogP contribution < -0.4 is 16.4 Å². The summed E-state index contributed by atoms with van der Waals surface area (Å²) in [6.07, 6.45) is 2.52. The number of nitrogens with one attached hydrogen (secondary N) is 2. The lowest BCUT2D eigenvalue weighted by Gasteiger charge is -2.03. The molecule has 1 amide bonds.